The highest BCUT2D eigenvalue weighted by Gasteiger charge is 2.55. The number of ketones is 4. The maximum absolute atomic E-state index is 14.0. The van der Waals surface area contributed by atoms with E-state index < -0.39 is 132 Å². The van der Waals surface area contributed by atoms with Crippen molar-refractivity contribution in [2.75, 3.05) is 21.2 Å². The molecule has 0 saturated carbocycles. The number of Topliss-reactive ketones (excluding diaryl/α,β-unsaturated/α-hetero) is 2. The van der Waals surface area contributed by atoms with Gasteiger partial charge in [-0.2, -0.15) is 0 Å². The van der Waals surface area contributed by atoms with Gasteiger partial charge in [0.05, 0.1) is 48.3 Å². The summed E-state index contributed by atoms with van der Waals surface area (Å²) in [5.74, 6) is -5.67. The average molecular weight is 838 g/mol. The quantitative estimate of drug-likeness (QED) is 0.278. The fraction of sp³-hybridized carbons (Fsp3) is 0.605. The Kier molecular flexibility index (Phi) is 11.3. The number of methoxy groups -OCH3 is 1. The maximum atomic E-state index is 14.0. The highest BCUT2D eigenvalue weighted by Crippen LogP contribution is 2.54. The first-order valence-electron chi connectivity index (χ1n) is 20.3. The Bertz CT molecular complexity index is 2100. The molecule has 17 heteroatoms. The number of hydrogen-bond donors (Lipinski definition) is 3. The number of rotatable bonds is 8. The molecule has 0 spiro atoms. The molecule has 60 heavy (non-hydrogen) atoms. The zero-order chi connectivity index (χ0) is 43.1. The Morgan fingerprint density at radius 3 is 2.30 bits per heavy atom. The Hall–Kier alpha value is -4.17. The zero-order valence-corrected chi connectivity index (χ0v) is 34.4. The van der Waals surface area contributed by atoms with E-state index in [-0.39, 0.29) is 52.5 Å². The highest BCUT2D eigenvalue weighted by atomic mass is 16.8. The molecular weight excluding hydrogens is 786 g/mol. The number of benzene rings is 2. The van der Waals surface area contributed by atoms with Gasteiger partial charge in [0.1, 0.15) is 47.6 Å². The number of aromatic hydroxyl groups is 2. The van der Waals surface area contributed by atoms with Gasteiger partial charge < -0.3 is 58.1 Å². The lowest BCUT2D eigenvalue weighted by atomic mass is 9.66. The molecule has 0 unspecified atom stereocenters. The van der Waals surface area contributed by atoms with Gasteiger partial charge in [0.2, 0.25) is 5.78 Å². The number of likely N-dealkylation sites (N-methyl/N-ethyl adjacent to an activating group) is 1. The number of ether oxygens (including phenoxy) is 8. The summed E-state index contributed by atoms with van der Waals surface area (Å²) in [5, 5.41) is 35.0. The number of hydrogen-bond acceptors (Lipinski definition) is 17. The third kappa shape index (κ3) is 7.26. The summed E-state index contributed by atoms with van der Waals surface area (Å²) in [7, 11) is 4.84. The molecule has 4 aliphatic heterocycles. The molecule has 2 aromatic rings. The van der Waals surface area contributed by atoms with Gasteiger partial charge in [-0.1, -0.05) is 12.1 Å². The fourth-order valence-corrected chi connectivity index (χ4v) is 9.97. The molecule has 4 saturated heterocycles. The SMILES string of the molecule is COC(=O)[C@@H]1c2cc3c(c(O)c2[C@@H](O[C@H]2C[C@H](N(C)C)[C@H](O[C@H]4C[C@@H]5O[C@H]6CC(=O)[C@H](C)O[C@@H]6O[C@H]5[C@H](C)O4)[C@H](C)O2)C[C@]1(O)CC(C)=O)C(=O)c1c(O)cccc1C3=O. The van der Waals surface area contributed by atoms with Crippen molar-refractivity contribution in [1.82, 2.24) is 4.90 Å². The summed E-state index contributed by atoms with van der Waals surface area (Å²) in [6.45, 7) is 6.62. The van der Waals surface area contributed by atoms with Crippen molar-refractivity contribution in [2.24, 2.45) is 0 Å². The van der Waals surface area contributed by atoms with Crippen LogP contribution in [0.25, 0.3) is 0 Å². The number of phenols is 2. The number of nitrogens with zero attached hydrogens (tertiary/aromatic N) is 1. The van der Waals surface area contributed by atoms with Crippen LogP contribution in [0.5, 0.6) is 11.5 Å². The van der Waals surface area contributed by atoms with Gasteiger partial charge in [0.25, 0.3) is 0 Å². The van der Waals surface area contributed by atoms with E-state index in [2.05, 4.69) is 0 Å². The van der Waals surface area contributed by atoms with E-state index in [1.807, 2.05) is 25.9 Å². The molecule has 0 aromatic heterocycles. The van der Waals surface area contributed by atoms with E-state index in [1.165, 1.54) is 31.2 Å². The van der Waals surface area contributed by atoms with E-state index in [1.54, 1.807) is 13.8 Å². The molecule has 17 nitrogen and oxygen atoms in total. The van der Waals surface area contributed by atoms with Crippen molar-refractivity contribution < 1.29 is 77.2 Å². The predicted octanol–water partition coefficient (Wildman–Crippen LogP) is 2.74. The molecule has 324 valence electrons. The van der Waals surface area contributed by atoms with E-state index in [4.69, 9.17) is 37.9 Å². The minimum atomic E-state index is -2.12. The van der Waals surface area contributed by atoms with Crippen LogP contribution in [0.1, 0.15) is 115 Å². The molecule has 6 aliphatic rings. The van der Waals surface area contributed by atoms with Crippen LogP contribution in [0, 0.1) is 0 Å². The first-order valence-corrected chi connectivity index (χ1v) is 20.3. The molecule has 0 amide bonds. The van der Waals surface area contributed by atoms with E-state index in [0.717, 1.165) is 7.11 Å². The molecule has 4 fully saturated rings. The summed E-state index contributed by atoms with van der Waals surface area (Å²) in [4.78, 5) is 68.4. The van der Waals surface area contributed by atoms with Crippen molar-refractivity contribution in [3.8, 4) is 11.5 Å². The van der Waals surface area contributed by atoms with Gasteiger partial charge in [-0.05, 0) is 59.5 Å². The first-order chi connectivity index (χ1) is 28.4. The number of carbonyl (C=O) groups is 5. The molecule has 2 aliphatic carbocycles. The Labute approximate surface area is 346 Å². The zero-order valence-electron chi connectivity index (χ0n) is 34.4. The van der Waals surface area contributed by atoms with Crippen LogP contribution >= 0.6 is 0 Å². The lowest BCUT2D eigenvalue weighted by Crippen LogP contribution is -2.62. The second-order valence-corrected chi connectivity index (χ2v) is 17.1. The summed E-state index contributed by atoms with van der Waals surface area (Å²) in [6, 6.07) is 4.93. The molecule has 0 bridgehead atoms. The van der Waals surface area contributed by atoms with Gasteiger partial charge in [0.15, 0.2) is 30.4 Å². The van der Waals surface area contributed by atoms with Crippen LogP contribution in [-0.4, -0.2) is 144 Å². The van der Waals surface area contributed by atoms with Gasteiger partial charge in [0, 0.05) is 54.8 Å². The van der Waals surface area contributed by atoms with Crippen molar-refractivity contribution in [3.63, 3.8) is 0 Å². The molecule has 2 aromatic carbocycles. The van der Waals surface area contributed by atoms with Crippen molar-refractivity contribution >= 4 is 29.1 Å². The normalized spacial score (nSPS) is 37.4. The maximum Gasteiger partial charge on any atom is 0.316 e. The number of fused-ring (bicyclic) bond motifs is 5. The van der Waals surface area contributed by atoms with Crippen LogP contribution in [0.2, 0.25) is 0 Å². The van der Waals surface area contributed by atoms with Gasteiger partial charge in [-0.15, -0.1) is 0 Å². The minimum Gasteiger partial charge on any atom is -0.507 e. The summed E-state index contributed by atoms with van der Waals surface area (Å²) in [5.41, 5.74) is -3.28. The molecule has 8 rings (SSSR count). The third-order valence-corrected chi connectivity index (χ3v) is 12.7. The van der Waals surface area contributed by atoms with E-state index >= 15 is 0 Å². The third-order valence-electron chi connectivity index (χ3n) is 12.7. The first kappa shape index (κ1) is 42.5. The van der Waals surface area contributed by atoms with Crippen LogP contribution in [0.4, 0.5) is 0 Å². The van der Waals surface area contributed by atoms with E-state index in [9.17, 15) is 39.3 Å². The van der Waals surface area contributed by atoms with Crippen LogP contribution in [0.15, 0.2) is 24.3 Å². The highest BCUT2D eigenvalue weighted by molar-refractivity contribution is 6.30. The number of aliphatic hydroxyl groups is 1. The van der Waals surface area contributed by atoms with Gasteiger partial charge in [-0.25, -0.2) is 0 Å². The lowest BCUT2D eigenvalue weighted by Gasteiger charge is -2.51. The Balaban J connectivity index is 1.08. The van der Waals surface area contributed by atoms with Crippen molar-refractivity contribution in [3.05, 3.63) is 57.6 Å². The van der Waals surface area contributed by atoms with Crippen LogP contribution in [-0.2, 0) is 52.3 Å². The van der Waals surface area contributed by atoms with Crippen LogP contribution in [0.3, 0.4) is 0 Å². The summed E-state index contributed by atoms with van der Waals surface area (Å²) in [6.07, 6.45) is -7.58. The number of phenolic OH excluding ortho intramolecular Hbond substituents is 2. The summed E-state index contributed by atoms with van der Waals surface area (Å²) >= 11 is 0. The molecule has 0 radical (unpaired) electrons. The molecule has 3 N–H and O–H groups in total. The van der Waals surface area contributed by atoms with Gasteiger partial charge >= 0.3 is 5.97 Å². The number of carbonyl (C=O) groups excluding carboxylic acids is 5. The predicted molar refractivity (Wildman–Crippen MR) is 204 cm³/mol. The monoisotopic (exact) mass is 837 g/mol. The van der Waals surface area contributed by atoms with Gasteiger partial charge in [-0.3, -0.25) is 24.0 Å². The van der Waals surface area contributed by atoms with E-state index in [0.29, 0.717) is 6.42 Å². The second-order valence-electron chi connectivity index (χ2n) is 17.1. The lowest BCUT2D eigenvalue weighted by molar-refractivity contribution is -0.371. The Morgan fingerprint density at radius 2 is 1.60 bits per heavy atom. The Morgan fingerprint density at radius 1 is 0.883 bits per heavy atom. The van der Waals surface area contributed by atoms with Crippen LogP contribution < -0.4 is 0 Å². The molecule has 4 heterocycles. The number of esters is 1. The van der Waals surface area contributed by atoms with Crippen molar-refractivity contribution in [2.45, 2.75) is 145 Å². The average Bonchev–Trinajstić information content (AvgIpc) is 3.16. The molecular formula is C43H51NO16. The molecule has 14 atom stereocenters. The summed E-state index contributed by atoms with van der Waals surface area (Å²) < 4.78 is 49.5. The second kappa shape index (κ2) is 15.9. The fourth-order valence-electron chi connectivity index (χ4n) is 9.97. The largest absolute Gasteiger partial charge is 0.507 e. The smallest absolute Gasteiger partial charge is 0.316 e. The van der Waals surface area contributed by atoms with Crippen molar-refractivity contribution in [1.29, 1.82) is 0 Å². The minimum absolute atomic E-state index is 0.0575. The topological polar surface area (TPSA) is 223 Å². The standard InChI is InChI=1S/C43H51NO16/c1-17(45)15-43(52)16-29(33-22(35(43)41(51)53-7)11-23-34(38(33)50)37(49)32-21(36(23)48)9-8-10-25(32)46)58-30-12-24(44(5)6)39(19(3)54-30)59-31-14-27-40(20(4)55-31)60-42-28(57-27)13-26(47)18(2)56-42/h8-11,18-20,24,27-31,35,39-40,42,46,50,52H,12-16H2,1-7H3/t18-,19-,20-,24-,27-,28-,29-,30-,31-,35-,39+,40-,42+,43+/m0/s1.